The Bertz CT molecular complexity index is 777. The summed E-state index contributed by atoms with van der Waals surface area (Å²) in [5.41, 5.74) is 7.59. The normalized spacial score (nSPS) is 10.1. The van der Waals surface area contributed by atoms with Crippen LogP contribution in [0.4, 0.5) is 11.4 Å². The standard InChI is InChI=1S/C17H17ClN2O4/c1-10-12(18)4-3-5-14(10)20-16(21)9-24-17(22)11-6-7-15(23-2)13(19)8-11/h3-8H,9,19H2,1-2H3,(H,20,21). The lowest BCUT2D eigenvalue weighted by Gasteiger charge is -2.10. The number of nitrogens with two attached hydrogens (primary N) is 1. The highest BCUT2D eigenvalue weighted by atomic mass is 35.5. The van der Waals surface area contributed by atoms with E-state index in [-0.39, 0.29) is 5.56 Å². The molecule has 0 aliphatic heterocycles. The predicted octanol–water partition coefficient (Wildman–Crippen LogP) is 3.03. The molecular weight excluding hydrogens is 332 g/mol. The monoisotopic (exact) mass is 348 g/mol. The predicted molar refractivity (Wildman–Crippen MR) is 92.5 cm³/mol. The molecule has 0 radical (unpaired) electrons. The van der Waals surface area contributed by atoms with E-state index < -0.39 is 18.5 Å². The Hall–Kier alpha value is -2.73. The first kappa shape index (κ1) is 17.6. The molecule has 0 aliphatic carbocycles. The van der Waals surface area contributed by atoms with Crippen molar-refractivity contribution in [3.8, 4) is 5.75 Å². The quantitative estimate of drug-likeness (QED) is 0.640. The van der Waals surface area contributed by atoms with E-state index in [4.69, 9.17) is 26.8 Å². The van der Waals surface area contributed by atoms with Gasteiger partial charge in [0.15, 0.2) is 6.61 Å². The van der Waals surface area contributed by atoms with Gasteiger partial charge >= 0.3 is 5.97 Å². The Balaban J connectivity index is 1.95. The van der Waals surface area contributed by atoms with Gasteiger partial charge < -0.3 is 20.5 Å². The third-order valence-corrected chi connectivity index (χ3v) is 3.75. The summed E-state index contributed by atoms with van der Waals surface area (Å²) in [6, 6.07) is 9.65. The molecule has 0 heterocycles. The second-order valence-electron chi connectivity index (χ2n) is 4.99. The maximum Gasteiger partial charge on any atom is 0.338 e. The van der Waals surface area contributed by atoms with E-state index in [1.165, 1.54) is 19.2 Å². The minimum absolute atomic E-state index is 0.236. The summed E-state index contributed by atoms with van der Waals surface area (Å²) in [4.78, 5) is 23.9. The van der Waals surface area contributed by atoms with Crippen LogP contribution < -0.4 is 15.8 Å². The summed E-state index contributed by atoms with van der Waals surface area (Å²) in [6.45, 7) is 1.36. The maximum absolute atomic E-state index is 12.0. The molecular formula is C17H17ClN2O4. The Morgan fingerprint density at radius 2 is 2.00 bits per heavy atom. The summed E-state index contributed by atoms with van der Waals surface area (Å²) < 4.78 is 9.99. The van der Waals surface area contributed by atoms with Crippen LogP contribution in [0.5, 0.6) is 5.75 Å². The summed E-state index contributed by atoms with van der Waals surface area (Å²) in [7, 11) is 1.48. The number of hydrogen-bond acceptors (Lipinski definition) is 5. The second kappa shape index (κ2) is 7.70. The third-order valence-electron chi connectivity index (χ3n) is 3.34. The molecule has 6 nitrogen and oxygen atoms in total. The zero-order valence-corrected chi connectivity index (χ0v) is 14.0. The number of rotatable bonds is 5. The van der Waals surface area contributed by atoms with E-state index >= 15 is 0 Å². The Morgan fingerprint density at radius 1 is 1.25 bits per heavy atom. The van der Waals surface area contributed by atoms with Crippen LogP contribution in [0.1, 0.15) is 15.9 Å². The Morgan fingerprint density at radius 3 is 2.67 bits per heavy atom. The van der Waals surface area contributed by atoms with E-state index in [1.807, 2.05) is 0 Å². The fourth-order valence-electron chi connectivity index (χ4n) is 2.00. The van der Waals surface area contributed by atoms with Crippen LogP contribution >= 0.6 is 11.6 Å². The molecule has 0 bridgehead atoms. The first-order valence-electron chi connectivity index (χ1n) is 7.08. The van der Waals surface area contributed by atoms with Crippen LogP contribution in [0.3, 0.4) is 0 Å². The highest BCUT2D eigenvalue weighted by Crippen LogP contribution is 2.23. The lowest BCUT2D eigenvalue weighted by atomic mass is 10.2. The van der Waals surface area contributed by atoms with Crippen LogP contribution in [0.2, 0.25) is 5.02 Å². The zero-order valence-electron chi connectivity index (χ0n) is 13.3. The van der Waals surface area contributed by atoms with Crippen molar-refractivity contribution < 1.29 is 19.1 Å². The molecule has 0 aliphatic rings. The Kier molecular flexibility index (Phi) is 5.65. The summed E-state index contributed by atoms with van der Waals surface area (Å²) in [5.74, 6) is -0.654. The van der Waals surface area contributed by atoms with Gasteiger partial charge in [0.2, 0.25) is 0 Å². The molecule has 24 heavy (non-hydrogen) atoms. The van der Waals surface area contributed by atoms with Gasteiger partial charge in [-0.1, -0.05) is 17.7 Å². The van der Waals surface area contributed by atoms with Gasteiger partial charge in [0.05, 0.1) is 18.4 Å². The minimum atomic E-state index is -0.651. The molecule has 1 amide bonds. The maximum atomic E-state index is 12.0. The number of halogens is 1. The SMILES string of the molecule is COc1ccc(C(=O)OCC(=O)Nc2cccc(Cl)c2C)cc1N. The lowest BCUT2D eigenvalue weighted by molar-refractivity contribution is -0.119. The van der Waals surface area contributed by atoms with Gasteiger partial charge in [-0.15, -0.1) is 0 Å². The molecule has 2 rings (SSSR count). The molecule has 2 aromatic rings. The zero-order chi connectivity index (χ0) is 17.7. The highest BCUT2D eigenvalue weighted by molar-refractivity contribution is 6.31. The number of carbonyl (C=O) groups excluding carboxylic acids is 2. The third kappa shape index (κ3) is 4.17. The van der Waals surface area contributed by atoms with E-state index in [0.29, 0.717) is 22.1 Å². The van der Waals surface area contributed by atoms with Crippen molar-refractivity contribution in [2.75, 3.05) is 24.8 Å². The van der Waals surface area contributed by atoms with Gasteiger partial charge in [-0.25, -0.2) is 4.79 Å². The van der Waals surface area contributed by atoms with Gasteiger partial charge in [-0.05, 0) is 42.8 Å². The molecule has 0 aromatic heterocycles. The van der Waals surface area contributed by atoms with E-state index in [9.17, 15) is 9.59 Å². The molecule has 0 atom stereocenters. The van der Waals surface area contributed by atoms with Crippen molar-refractivity contribution in [2.45, 2.75) is 6.92 Å². The molecule has 0 fully saturated rings. The fourth-order valence-corrected chi connectivity index (χ4v) is 2.18. The number of amides is 1. The van der Waals surface area contributed by atoms with Crippen LogP contribution in [-0.2, 0) is 9.53 Å². The number of anilines is 2. The molecule has 0 saturated carbocycles. The highest BCUT2D eigenvalue weighted by Gasteiger charge is 2.13. The Labute approximate surface area is 144 Å². The van der Waals surface area contributed by atoms with Crippen LogP contribution in [0.15, 0.2) is 36.4 Å². The molecule has 0 unspecified atom stereocenters. The molecule has 126 valence electrons. The molecule has 3 N–H and O–H groups in total. The first-order valence-corrected chi connectivity index (χ1v) is 7.45. The van der Waals surface area contributed by atoms with Gasteiger partial charge in [0.25, 0.3) is 5.91 Å². The number of nitrogens with one attached hydrogen (secondary N) is 1. The average molecular weight is 349 g/mol. The van der Waals surface area contributed by atoms with Crippen molar-refractivity contribution in [2.24, 2.45) is 0 Å². The first-order chi connectivity index (χ1) is 11.4. The number of esters is 1. The molecule has 7 heteroatoms. The second-order valence-corrected chi connectivity index (χ2v) is 5.40. The van der Waals surface area contributed by atoms with Gasteiger partial charge in [-0.3, -0.25) is 4.79 Å². The molecule has 2 aromatic carbocycles. The minimum Gasteiger partial charge on any atom is -0.495 e. The largest absolute Gasteiger partial charge is 0.495 e. The van der Waals surface area contributed by atoms with Crippen LogP contribution in [0.25, 0.3) is 0 Å². The van der Waals surface area contributed by atoms with Gasteiger partial charge in [-0.2, -0.15) is 0 Å². The van der Waals surface area contributed by atoms with E-state index in [0.717, 1.165) is 5.56 Å². The number of hydrogen-bond donors (Lipinski definition) is 2. The number of methoxy groups -OCH3 is 1. The fraction of sp³-hybridized carbons (Fsp3) is 0.176. The van der Waals surface area contributed by atoms with Crippen molar-refractivity contribution in [1.29, 1.82) is 0 Å². The average Bonchev–Trinajstić information content (AvgIpc) is 2.56. The van der Waals surface area contributed by atoms with Crippen molar-refractivity contribution in [1.82, 2.24) is 0 Å². The van der Waals surface area contributed by atoms with Crippen LogP contribution in [-0.4, -0.2) is 25.6 Å². The smallest absolute Gasteiger partial charge is 0.338 e. The summed E-state index contributed by atoms with van der Waals surface area (Å²) in [5, 5.41) is 3.18. The summed E-state index contributed by atoms with van der Waals surface area (Å²) in [6.07, 6.45) is 0. The number of benzene rings is 2. The van der Waals surface area contributed by atoms with E-state index in [2.05, 4.69) is 5.32 Å². The van der Waals surface area contributed by atoms with Crippen molar-refractivity contribution >= 4 is 34.9 Å². The number of nitrogen functional groups attached to an aromatic ring is 1. The number of carbonyl (C=O) groups is 2. The topological polar surface area (TPSA) is 90.6 Å². The van der Waals surface area contributed by atoms with Crippen molar-refractivity contribution in [3.63, 3.8) is 0 Å². The molecule has 0 saturated heterocycles. The van der Waals surface area contributed by atoms with Gasteiger partial charge in [0.1, 0.15) is 5.75 Å². The lowest BCUT2D eigenvalue weighted by Crippen LogP contribution is -2.21. The van der Waals surface area contributed by atoms with Crippen molar-refractivity contribution in [3.05, 3.63) is 52.5 Å². The van der Waals surface area contributed by atoms with Gasteiger partial charge in [0, 0.05) is 10.7 Å². The summed E-state index contributed by atoms with van der Waals surface area (Å²) >= 11 is 5.99. The van der Waals surface area contributed by atoms with Crippen LogP contribution in [0, 0.1) is 6.92 Å². The molecule has 0 spiro atoms. The van der Waals surface area contributed by atoms with E-state index in [1.54, 1.807) is 31.2 Å². The number of ether oxygens (including phenoxy) is 2.